The summed E-state index contributed by atoms with van der Waals surface area (Å²) in [6.45, 7) is 3.72. The number of anilines is 3. The molecule has 3 aromatic heterocycles. The Hall–Kier alpha value is -4.93. The first-order valence-electron chi connectivity index (χ1n) is 10.6. The van der Waals surface area contributed by atoms with Crippen LogP contribution in [0.15, 0.2) is 49.1 Å². The molecule has 1 amide bonds. The summed E-state index contributed by atoms with van der Waals surface area (Å²) >= 11 is 0. The number of hydrogen-bond donors (Lipinski definition) is 4. The number of nitrogens with one attached hydrogen (secondary N) is 2. The van der Waals surface area contributed by atoms with E-state index in [-0.39, 0.29) is 17.2 Å². The van der Waals surface area contributed by atoms with Gasteiger partial charge in [0.15, 0.2) is 11.5 Å². The Bertz CT molecular complexity index is 1610. The molecule has 2 aromatic carbocycles. The van der Waals surface area contributed by atoms with Gasteiger partial charge in [-0.3, -0.25) is 9.89 Å². The van der Waals surface area contributed by atoms with Crippen molar-refractivity contribution in [2.45, 2.75) is 13.8 Å². The molecule has 0 unspecified atom stereocenters. The van der Waals surface area contributed by atoms with Gasteiger partial charge < -0.3 is 16.8 Å². The summed E-state index contributed by atoms with van der Waals surface area (Å²) in [7, 11) is 0. The van der Waals surface area contributed by atoms with E-state index in [1.807, 2.05) is 26.0 Å². The molecule has 10 nitrogen and oxygen atoms in total. The van der Waals surface area contributed by atoms with E-state index in [0.717, 1.165) is 22.0 Å². The van der Waals surface area contributed by atoms with Crippen molar-refractivity contribution in [3.63, 3.8) is 0 Å². The zero-order valence-corrected chi connectivity index (χ0v) is 18.8. The van der Waals surface area contributed by atoms with Crippen molar-refractivity contribution >= 4 is 34.0 Å². The molecule has 6 N–H and O–H groups in total. The first-order chi connectivity index (χ1) is 16.8. The van der Waals surface area contributed by atoms with E-state index in [4.69, 9.17) is 16.5 Å². The number of carbonyl (C=O) groups is 1. The number of nitrogens with zero attached hydrogens (tertiary/aromatic N) is 5. The lowest BCUT2D eigenvalue weighted by Gasteiger charge is -2.16. The minimum Gasteiger partial charge on any atom is -0.395 e. The second-order valence-electron chi connectivity index (χ2n) is 7.98. The summed E-state index contributed by atoms with van der Waals surface area (Å²) in [6.07, 6.45) is 4.67. The minimum atomic E-state index is -0.812. The SMILES string of the molecule is Cc1cncnc1Nc1cc(F)ccc1-c1nc(C(N)=O)c(N)c(-c2c(C)ccc3[nH]ncc23)n1. The van der Waals surface area contributed by atoms with E-state index in [1.54, 1.807) is 12.4 Å². The second-order valence-corrected chi connectivity index (χ2v) is 7.98. The van der Waals surface area contributed by atoms with Crippen LogP contribution in [0.1, 0.15) is 21.6 Å². The lowest BCUT2D eigenvalue weighted by molar-refractivity contribution is 0.0996. The predicted octanol–water partition coefficient (Wildman–Crippen LogP) is 3.66. The number of nitrogen functional groups attached to an aromatic ring is 1. The zero-order valence-electron chi connectivity index (χ0n) is 18.8. The Labute approximate surface area is 198 Å². The number of primary amides is 1. The summed E-state index contributed by atoms with van der Waals surface area (Å²) in [4.78, 5) is 29.6. The molecule has 5 aromatic rings. The van der Waals surface area contributed by atoms with Gasteiger partial charge in [-0.25, -0.2) is 24.3 Å². The highest BCUT2D eigenvalue weighted by Crippen LogP contribution is 2.37. The van der Waals surface area contributed by atoms with Gasteiger partial charge in [0.2, 0.25) is 0 Å². The van der Waals surface area contributed by atoms with Gasteiger partial charge in [0, 0.05) is 28.3 Å². The standard InChI is InChI=1S/C24H20FN9O/c1-11-3-6-16-15(9-30-34-16)18(11)20-19(26)21(22(27)35)33-24(32-20)14-5-4-13(25)7-17(14)31-23-12(2)8-28-10-29-23/h3-10H,26H2,1-2H3,(H2,27,35)(H,30,34)(H,28,29,31). The fraction of sp³-hybridized carbons (Fsp3) is 0.0833. The number of carbonyl (C=O) groups excluding carboxylic acids is 1. The maximum atomic E-state index is 14.3. The predicted molar refractivity (Wildman–Crippen MR) is 130 cm³/mol. The number of aromatic amines is 1. The van der Waals surface area contributed by atoms with Crippen molar-refractivity contribution in [2.24, 2.45) is 5.73 Å². The molecule has 0 atom stereocenters. The van der Waals surface area contributed by atoms with E-state index in [0.29, 0.717) is 28.3 Å². The third kappa shape index (κ3) is 3.88. The molecule has 3 heterocycles. The maximum absolute atomic E-state index is 14.3. The number of H-pyrrole nitrogens is 1. The number of rotatable bonds is 5. The van der Waals surface area contributed by atoms with E-state index >= 15 is 0 Å². The van der Waals surface area contributed by atoms with Crippen LogP contribution >= 0.6 is 0 Å². The number of nitrogens with two attached hydrogens (primary N) is 2. The van der Waals surface area contributed by atoms with Crippen molar-refractivity contribution in [2.75, 3.05) is 11.1 Å². The number of hydrogen-bond acceptors (Lipinski definition) is 8. The summed E-state index contributed by atoms with van der Waals surface area (Å²) in [5, 5.41) is 10.9. The van der Waals surface area contributed by atoms with Crippen molar-refractivity contribution in [1.82, 2.24) is 30.1 Å². The van der Waals surface area contributed by atoms with E-state index in [2.05, 4.69) is 30.5 Å². The van der Waals surface area contributed by atoms with Crippen LogP contribution in [0.25, 0.3) is 33.5 Å². The van der Waals surface area contributed by atoms with E-state index < -0.39 is 11.7 Å². The first-order valence-corrected chi connectivity index (χ1v) is 10.6. The summed E-state index contributed by atoms with van der Waals surface area (Å²) in [5.74, 6) is -0.672. The van der Waals surface area contributed by atoms with Gasteiger partial charge in [0.05, 0.1) is 28.8 Å². The molecule has 0 aliphatic heterocycles. The van der Waals surface area contributed by atoms with Gasteiger partial charge in [-0.05, 0) is 43.7 Å². The number of amides is 1. The lowest BCUT2D eigenvalue weighted by Crippen LogP contribution is -2.18. The van der Waals surface area contributed by atoms with Crippen LogP contribution in [-0.2, 0) is 0 Å². The lowest BCUT2D eigenvalue weighted by atomic mass is 9.99. The molecule has 5 rings (SSSR count). The smallest absolute Gasteiger partial charge is 0.269 e. The van der Waals surface area contributed by atoms with Crippen LogP contribution in [0.4, 0.5) is 21.6 Å². The fourth-order valence-corrected chi connectivity index (χ4v) is 3.88. The van der Waals surface area contributed by atoms with Crippen molar-refractivity contribution in [1.29, 1.82) is 0 Å². The second kappa shape index (κ2) is 8.45. The summed E-state index contributed by atoms with van der Waals surface area (Å²) in [6, 6.07) is 7.87. The molecule has 0 bridgehead atoms. The highest BCUT2D eigenvalue weighted by atomic mass is 19.1. The number of aryl methyl sites for hydroxylation is 2. The number of fused-ring (bicyclic) bond motifs is 1. The summed E-state index contributed by atoms with van der Waals surface area (Å²) in [5.41, 5.74) is 16.0. The van der Waals surface area contributed by atoms with Gasteiger partial charge in [0.1, 0.15) is 18.0 Å². The number of benzene rings is 2. The molecular weight excluding hydrogens is 449 g/mol. The maximum Gasteiger partial charge on any atom is 0.269 e. The fourth-order valence-electron chi connectivity index (χ4n) is 3.88. The highest BCUT2D eigenvalue weighted by molar-refractivity contribution is 6.04. The third-order valence-electron chi connectivity index (χ3n) is 5.62. The highest BCUT2D eigenvalue weighted by Gasteiger charge is 2.22. The molecule has 35 heavy (non-hydrogen) atoms. The molecule has 0 spiro atoms. The average molecular weight is 469 g/mol. The third-order valence-corrected chi connectivity index (χ3v) is 5.62. The van der Waals surface area contributed by atoms with Crippen molar-refractivity contribution < 1.29 is 9.18 Å². The van der Waals surface area contributed by atoms with Gasteiger partial charge in [0.25, 0.3) is 5.91 Å². The first kappa shape index (κ1) is 21.9. The monoisotopic (exact) mass is 469 g/mol. The molecule has 0 aliphatic carbocycles. The van der Waals surface area contributed by atoms with Gasteiger partial charge in [-0.15, -0.1) is 0 Å². The summed E-state index contributed by atoms with van der Waals surface area (Å²) < 4.78 is 14.3. The Kier molecular flexibility index (Phi) is 5.28. The topological polar surface area (TPSA) is 161 Å². The largest absolute Gasteiger partial charge is 0.395 e. The normalized spacial score (nSPS) is 11.1. The van der Waals surface area contributed by atoms with Gasteiger partial charge >= 0.3 is 0 Å². The number of halogens is 1. The molecule has 0 radical (unpaired) electrons. The van der Waals surface area contributed by atoms with Crippen molar-refractivity contribution in [3.8, 4) is 22.6 Å². The molecular formula is C24H20FN9O. The quantitative estimate of drug-likeness (QED) is 0.303. The van der Waals surface area contributed by atoms with E-state index in [9.17, 15) is 9.18 Å². The van der Waals surface area contributed by atoms with Crippen LogP contribution in [0, 0.1) is 19.7 Å². The zero-order chi connectivity index (χ0) is 24.7. The Morgan fingerprint density at radius 1 is 1.09 bits per heavy atom. The molecule has 0 saturated heterocycles. The molecule has 11 heteroatoms. The van der Waals surface area contributed by atoms with E-state index in [1.165, 1.54) is 24.5 Å². The molecule has 0 saturated carbocycles. The molecule has 0 aliphatic rings. The molecule has 174 valence electrons. The minimum absolute atomic E-state index is 0.0429. The van der Waals surface area contributed by atoms with Gasteiger partial charge in [-0.2, -0.15) is 5.10 Å². The average Bonchev–Trinajstić information content (AvgIpc) is 3.30. The van der Waals surface area contributed by atoms with Crippen LogP contribution in [-0.4, -0.2) is 36.0 Å². The Morgan fingerprint density at radius 2 is 1.91 bits per heavy atom. The Balaban J connectivity index is 1.76. The van der Waals surface area contributed by atoms with Gasteiger partial charge in [-0.1, -0.05) is 6.07 Å². The van der Waals surface area contributed by atoms with Crippen molar-refractivity contribution in [3.05, 3.63) is 71.7 Å². The Morgan fingerprint density at radius 3 is 2.69 bits per heavy atom. The number of aromatic nitrogens is 6. The van der Waals surface area contributed by atoms with Crippen LogP contribution in [0.5, 0.6) is 0 Å². The molecule has 0 fully saturated rings. The van der Waals surface area contributed by atoms with Crippen LogP contribution in [0.3, 0.4) is 0 Å². The van der Waals surface area contributed by atoms with Crippen LogP contribution < -0.4 is 16.8 Å². The van der Waals surface area contributed by atoms with Crippen LogP contribution in [0.2, 0.25) is 0 Å².